The van der Waals surface area contributed by atoms with Gasteiger partial charge in [-0.2, -0.15) is 5.26 Å². The van der Waals surface area contributed by atoms with Crippen molar-refractivity contribution in [2.24, 2.45) is 23.7 Å². The fraction of sp³-hybridized carbons (Fsp3) is 0.812. The summed E-state index contributed by atoms with van der Waals surface area (Å²) in [6.07, 6.45) is 6.96. The molecule has 0 N–H and O–H groups in total. The summed E-state index contributed by atoms with van der Waals surface area (Å²) in [5.74, 6) is 3.80. The van der Waals surface area contributed by atoms with Gasteiger partial charge in [0, 0.05) is 0 Å². The van der Waals surface area contributed by atoms with Gasteiger partial charge in [0.2, 0.25) is 0 Å². The van der Waals surface area contributed by atoms with Crippen molar-refractivity contribution in [3.8, 4) is 6.07 Å². The Hall–Kier alpha value is -1.37. The third kappa shape index (κ3) is 1.65. The molecule has 5 rings (SSSR count). The van der Waals surface area contributed by atoms with Crippen LogP contribution in [0.25, 0.3) is 0 Å². The van der Waals surface area contributed by atoms with E-state index in [2.05, 4.69) is 34.9 Å². The lowest BCUT2D eigenvalue weighted by molar-refractivity contribution is -0.0354. The van der Waals surface area contributed by atoms with Gasteiger partial charge in [-0.3, -0.25) is 0 Å². The van der Waals surface area contributed by atoms with Crippen LogP contribution in [-0.2, 0) is 0 Å². The average Bonchev–Trinajstić information content (AvgIpc) is 2.81. The minimum Gasteiger partial charge on any atom is -0.244 e. The van der Waals surface area contributed by atoms with Crippen LogP contribution in [0.3, 0.4) is 0 Å². The predicted octanol–water partition coefficient (Wildman–Crippen LogP) is 3.27. The molecule has 0 saturated heterocycles. The zero-order valence-electron chi connectivity index (χ0n) is 12.3. The summed E-state index contributed by atoms with van der Waals surface area (Å²) < 4.78 is 2.15. The van der Waals surface area contributed by atoms with Crippen LogP contribution in [0.4, 0.5) is 0 Å². The molecule has 4 fully saturated rings. The van der Waals surface area contributed by atoms with Gasteiger partial charge in [-0.05, 0) is 61.7 Å². The molecule has 4 saturated carbocycles. The van der Waals surface area contributed by atoms with Crippen LogP contribution in [0.5, 0.6) is 0 Å². The fourth-order valence-corrected chi connectivity index (χ4v) is 5.43. The molecular weight excluding hydrogens is 248 g/mol. The molecular formula is C16H22N4. The van der Waals surface area contributed by atoms with Gasteiger partial charge in [0.25, 0.3) is 0 Å². The topological polar surface area (TPSA) is 54.5 Å². The van der Waals surface area contributed by atoms with Crippen LogP contribution in [0.2, 0.25) is 0 Å². The molecule has 1 aromatic rings. The minimum atomic E-state index is 0.317. The summed E-state index contributed by atoms with van der Waals surface area (Å²) in [5.41, 5.74) is 1.60. The Morgan fingerprint density at radius 3 is 2.20 bits per heavy atom. The van der Waals surface area contributed by atoms with Crippen LogP contribution in [0, 0.1) is 35.0 Å². The second-order valence-electron chi connectivity index (χ2n) is 7.46. The van der Waals surface area contributed by atoms with Gasteiger partial charge in [-0.25, -0.2) is 4.68 Å². The fourth-order valence-electron chi connectivity index (χ4n) is 5.43. The van der Waals surface area contributed by atoms with E-state index in [1.165, 1.54) is 32.1 Å². The van der Waals surface area contributed by atoms with Gasteiger partial charge in [-0.1, -0.05) is 19.1 Å². The molecule has 0 radical (unpaired) electrons. The molecule has 4 aliphatic carbocycles. The highest BCUT2D eigenvalue weighted by Crippen LogP contribution is 2.58. The van der Waals surface area contributed by atoms with Crippen molar-refractivity contribution in [1.82, 2.24) is 15.0 Å². The highest BCUT2D eigenvalue weighted by molar-refractivity contribution is 5.28. The van der Waals surface area contributed by atoms with Crippen molar-refractivity contribution < 1.29 is 0 Å². The number of nitriles is 1. The predicted molar refractivity (Wildman–Crippen MR) is 74.9 cm³/mol. The summed E-state index contributed by atoms with van der Waals surface area (Å²) in [4.78, 5) is 0. The first-order chi connectivity index (χ1) is 9.67. The molecule has 0 spiro atoms. The summed E-state index contributed by atoms with van der Waals surface area (Å²) in [6, 6.07) is 2.73. The van der Waals surface area contributed by atoms with Gasteiger partial charge in [0.15, 0.2) is 5.69 Å². The van der Waals surface area contributed by atoms with Crippen LogP contribution >= 0.6 is 0 Å². The van der Waals surface area contributed by atoms with Crippen LogP contribution in [0.15, 0.2) is 0 Å². The Labute approximate surface area is 120 Å². The molecule has 0 amide bonds. The monoisotopic (exact) mass is 270 g/mol. The van der Waals surface area contributed by atoms with Crippen molar-refractivity contribution in [1.29, 1.82) is 5.26 Å². The van der Waals surface area contributed by atoms with Gasteiger partial charge >= 0.3 is 0 Å². The van der Waals surface area contributed by atoms with Gasteiger partial charge in [0.1, 0.15) is 6.07 Å². The molecule has 1 aromatic heterocycles. The Morgan fingerprint density at radius 1 is 1.10 bits per heavy atom. The quantitative estimate of drug-likeness (QED) is 0.828. The normalized spacial score (nSPS) is 38.4. The smallest absolute Gasteiger partial charge is 0.186 e. The van der Waals surface area contributed by atoms with E-state index in [9.17, 15) is 5.26 Å². The molecule has 1 heterocycles. The number of hydrogen-bond acceptors (Lipinski definition) is 3. The first-order valence-corrected chi connectivity index (χ1v) is 8.02. The lowest BCUT2D eigenvalue weighted by Gasteiger charge is -2.54. The molecule has 4 bridgehead atoms. The Balaban J connectivity index is 1.75. The van der Waals surface area contributed by atoms with E-state index in [4.69, 9.17) is 0 Å². The highest BCUT2D eigenvalue weighted by Gasteiger charge is 2.50. The first-order valence-electron chi connectivity index (χ1n) is 8.02. The SMILES string of the molecule is CC(C)c1c(C#N)nnn1C1C2CC3CC(C2)CC1C3. The van der Waals surface area contributed by atoms with E-state index >= 15 is 0 Å². The number of aromatic nitrogens is 3. The van der Waals surface area contributed by atoms with Crippen LogP contribution < -0.4 is 0 Å². The van der Waals surface area contributed by atoms with Crippen molar-refractivity contribution in [3.05, 3.63) is 11.4 Å². The van der Waals surface area contributed by atoms with Gasteiger partial charge in [0.05, 0.1) is 11.7 Å². The maximum atomic E-state index is 9.27. The third-order valence-corrected chi connectivity index (χ3v) is 5.84. The van der Waals surface area contributed by atoms with Crippen molar-refractivity contribution in [3.63, 3.8) is 0 Å². The Morgan fingerprint density at radius 2 is 1.70 bits per heavy atom. The van der Waals surface area contributed by atoms with Gasteiger partial charge in [-0.15, -0.1) is 5.10 Å². The van der Waals surface area contributed by atoms with E-state index in [1.807, 2.05) is 0 Å². The summed E-state index contributed by atoms with van der Waals surface area (Å²) in [6.45, 7) is 4.29. The molecule has 4 aliphatic rings. The number of nitrogens with zero attached hydrogens (tertiary/aromatic N) is 4. The maximum absolute atomic E-state index is 9.27. The molecule has 20 heavy (non-hydrogen) atoms. The molecule has 0 atom stereocenters. The maximum Gasteiger partial charge on any atom is 0.186 e. The van der Waals surface area contributed by atoms with Crippen molar-refractivity contribution in [2.45, 2.75) is 57.9 Å². The summed E-state index contributed by atoms with van der Waals surface area (Å²) >= 11 is 0. The second-order valence-corrected chi connectivity index (χ2v) is 7.46. The Bertz CT molecular complexity index is 538. The first kappa shape index (κ1) is 12.4. The second kappa shape index (κ2) is 4.31. The molecule has 4 nitrogen and oxygen atoms in total. The van der Waals surface area contributed by atoms with Gasteiger partial charge < -0.3 is 0 Å². The summed E-state index contributed by atoms with van der Waals surface area (Å²) in [5, 5.41) is 17.8. The van der Waals surface area contributed by atoms with Crippen molar-refractivity contribution in [2.75, 3.05) is 0 Å². The van der Waals surface area contributed by atoms with Crippen LogP contribution in [-0.4, -0.2) is 15.0 Å². The zero-order chi connectivity index (χ0) is 13.9. The van der Waals surface area contributed by atoms with Crippen LogP contribution in [0.1, 0.15) is 69.3 Å². The van der Waals surface area contributed by atoms with E-state index in [-0.39, 0.29) is 0 Å². The molecule has 4 heteroatoms. The Kier molecular flexibility index (Phi) is 2.67. The number of hydrogen-bond donors (Lipinski definition) is 0. The molecule has 106 valence electrons. The zero-order valence-corrected chi connectivity index (χ0v) is 12.3. The molecule has 0 unspecified atom stereocenters. The van der Waals surface area contributed by atoms with E-state index < -0.39 is 0 Å². The summed E-state index contributed by atoms with van der Waals surface area (Å²) in [7, 11) is 0. The largest absolute Gasteiger partial charge is 0.244 e. The van der Waals surface area contributed by atoms with E-state index in [0.29, 0.717) is 17.7 Å². The lowest BCUT2D eigenvalue weighted by atomic mass is 9.54. The van der Waals surface area contributed by atoms with E-state index in [0.717, 1.165) is 29.4 Å². The minimum absolute atomic E-state index is 0.317. The lowest BCUT2D eigenvalue weighted by Crippen LogP contribution is -2.46. The average molecular weight is 270 g/mol. The molecule has 0 aliphatic heterocycles. The van der Waals surface area contributed by atoms with E-state index in [1.54, 1.807) is 0 Å². The molecule has 0 aromatic carbocycles. The highest BCUT2D eigenvalue weighted by atomic mass is 15.4. The standard InChI is InChI=1S/C16H22N4/c1-9(2)15-14(8-17)18-19-20(15)16-12-4-10-3-11(6-12)7-13(16)5-10/h9-13,16H,3-7H2,1-2H3. The van der Waals surface area contributed by atoms with Crippen molar-refractivity contribution >= 4 is 0 Å². The number of rotatable bonds is 2. The third-order valence-electron chi connectivity index (χ3n) is 5.84.